The van der Waals surface area contributed by atoms with Crippen LogP contribution in [0.5, 0.6) is 0 Å². The highest BCUT2D eigenvalue weighted by molar-refractivity contribution is 7.18. The number of H-pyrrole nitrogens is 1. The molecule has 6 nitrogen and oxygen atoms in total. The quantitative estimate of drug-likeness (QED) is 0.689. The SMILES string of the molecule is CNc1nc(NCc2csc(=O)[nH]2)c2cc(C)sc2n1. The Hall–Kier alpha value is -1.93. The van der Waals surface area contributed by atoms with Crippen molar-refractivity contribution in [2.24, 2.45) is 0 Å². The molecular weight excluding hydrogens is 294 g/mol. The van der Waals surface area contributed by atoms with E-state index in [1.165, 1.54) is 4.88 Å². The topological polar surface area (TPSA) is 82.7 Å². The van der Waals surface area contributed by atoms with Crippen LogP contribution in [0.2, 0.25) is 0 Å². The van der Waals surface area contributed by atoms with Gasteiger partial charge >= 0.3 is 4.87 Å². The second-order valence-corrected chi connectivity index (χ2v) is 6.33. The van der Waals surface area contributed by atoms with Crippen molar-refractivity contribution in [2.45, 2.75) is 13.5 Å². The molecule has 0 amide bonds. The highest BCUT2D eigenvalue weighted by Crippen LogP contribution is 2.29. The van der Waals surface area contributed by atoms with Crippen LogP contribution in [-0.4, -0.2) is 22.0 Å². The standard InChI is InChI=1S/C12H13N5OS2/c1-6-3-8-9(14-4-7-5-19-12(18)15-7)16-11(13-2)17-10(8)20-6/h3,5H,4H2,1-2H3,(H,15,18)(H2,13,14,16,17). The van der Waals surface area contributed by atoms with E-state index in [0.29, 0.717) is 12.5 Å². The summed E-state index contributed by atoms with van der Waals surface area (Å²) in [6.07, 6.45) is 0. The molecule has 0 unspecified atom stereocenters. The molecule has 3 N–H and O–H groups in total. The molecule has 20 heavy (non-hydrogen) atoms. The Labute approximate surface area is 122 Å². The Morgan fingerprint density at radius 2 is 2.25 bits per heavy atom. The van der Waals surface area contributed by atoms with Crippen molar-refractivity contribution in [1.29, 1.82) is 0 Å². The Balaban J connectivity index is 1.94. The van der Waals surface area contributed by atoms with Crippen molar-refractivity contribution in [3.05, 3.63) is 31.7 Å². The number of thiazole rings is 1. The molecular formula is C12H13N5OS2. The number of aromatic amines is 1. The van der Waals surface area contributed by atoms with Gasteiger partial charge in [0.05, 0.1) is 11.9 Å². The average molecular weight is 307 g/mol. The summed E-state index contributed by atoms with van der Waals surface area (Å²) in [5.74, 6) is 1.36. The molecule has 3 rings (SSSR count). The van der Waals surface area contributed by atoms with Gasteiger partial charge in [-0.3, -0.25) is 4.79 Å². The van der Waals surface area contributed by atoms with Crippen molar-refractivity contribution in [3.8, 4) is 0 Å². The van der Waals surface area contributed by atoms with Gasteiger partial charge in [-0.15, -0.1) is 11.3 Å². The number of nitrogens with zero attached hydrogens (tertiary/aromatic N) is 2. The fourth-order valence-electron chi connectivity index (χ4n) is 1.87. The molecule has 104 valence electrons. The Kier molecular flexibility index (Phi) is 3.41. The lowest BCUT2D eigenvalue weighted by Gasteiger charge is -2.07. The number of anilines is 2. The minimum absolute atomic E-state index is 0.0445. The second kappa shape index (κ2) is 5.22. The first-order valence-corrected chi connectivity index (χ1v) is 7.72. The predicted molar refractivity (Wildman–Crippen MR) is 84.0 cm³/mol. The largest absolute Gasteiger partial charge is 0.364 e. The summed E-state index contributed by atoms with van der Waals surface area (Å²) < 4.78 is 0. The molecule has 0 saturated carbocycles. The van der Waals surface area contributed by atoms with Gasteiger partial charge in [0.25, 0.3) is 0 Å². The highest BCUT2D eigenvalue weighted by atomic mass is 32.1. The molecule has 0 fully saturated rings. The van der Waals surface area contributed by atoms with Gasteiger partial charge in [-0.25, -0.2) is 4.98 Å². The number of rotatable bonds is 4. The van der Waals surface area contributed by atoms with Crippen LogP contribution in [0.3, 0.4) is 0 Å². The maximum atomic E-state index is 11.1. The van der Waals surface area contributed by atoms with Crippen LogP contribution in [0.4, 0.5) is 11.8 Å². The van der Waals surface area contributed by atoms with E-state index >= 15 is 0 Å². The third kappa shape index (κ3) is 2.52. The van der Waals surface area contributed by atoms with Gasteiger partial charge in [0, 0.05) is 23.0 Å². The number of thiophene rings is 1. The molecule has 0 aliphatic rings. The van der Waals surface area contributed by atoms with Gasteiger partial charge in [-0.1, -0.05) is 11.3 Å². The maximum absolute atomic E-state index is 11.1. The zero-order valence-electron chi connectivity index (χ0n) is 11.0. The molecule has 0 bridgehead atoms. The first kappa shape index (κ1) is 13.1. The van der Waals surface area contributed by atoms with Crippen LogP contribution < -0.4 is 15.5 Å². The molecule has 3 heterocycles. The monoisotopic (exact) mass is 307 g/mol. The third-order valence-electron chi connectivity index (χ3n) is 2.76. The third-order valence-corrected chi connectivity index (χ3v) is 4.42. The summed E-state index contributed by atoms with van der Waals surface area (Å²) >= 11 is 2.80. The zero-order valence-corrected chi connectivity index (χ0v) is 12.6. The molecule has 0 aliphatic carbocycles. The fraction of sp³-hybridized carbons (Fsp3) is 0.250. The molecule has 0 aromatic carbocycles. The molecule has 0 radical (unpaired) electrons. The summed E-state index contributed by atoms with van der Waals surface area (Å²) in [6.45, 7) is 2.58. The van der Waals surface area contributed by atoms with E-state index in [4.69, 9.17) is 0 Å². The number of nitrogens with one attached hydrogen (secondary N) is 3. The van der Waals surface area contributed by atoms with E-state index in [0.717, 1.165) is 33.1 Å². The lowest BCUT2D eigenvalue weighted by atomic mass is 10.3. The Morgan fingerprint density at radius 1 is 1.40 bits per heavy atom. The number of aryl methyl sites for hydroxylation is 1. The van der Waals surface area contributed by atoms with Crippen LogP contribution in [0.1, 0.15) is 10.6 Å². The van der Waals surface area contributed by atoms with Crippen LogP contribution >= 0.6 is 22.7 Å². The maximum Gasteiger partial charge on any atom is 0.304 e. The minimum atomic E-state index is -0.0445. The van der Waals surface area contributed by atoms with E-state index in [-0.39, 0.29) is 4.87 Å². The molecule has 3 aromatic rings. The fourth-order valence-corrected chi connectivity index (χ4v) is 3.33. The van der Waals surface area contributed by atoms with Gasteiger partial charge in [0.1, 0.15) is 10.6 Å². The van der Waals surface area contributed by atoms with Crippen molar-refractivity contribution < 1.29 is 0 Å². The smallest absolute Gasteiger partial charge is 0.304 e. The van der Waals surface area contributed by atoms with Gasteiger partial charge in [-0.2, -0.15) is 4.98 Å². The molecule has 0 atom stereocenters. The Bertz CT molecular complexity index is 804. The number of fused-ring (bicyclic) bond motifs is 1. The van der Waals surface area contributed by atoms with Gasteiger partial charge in [0.2, 0.25) is 5.95 Å². The number of aromatic nitrogens is 3. The zero-order chi connectivity index (χ0) is 14.1. The van der Waals surface area contributed by atoms with E-state index in [2.05, 4.69) is 31.7 Å². The summed E-state index contributed by atoms with van der Waals surface area (Å²) in [7, 11) is 1.79. The Morgan fingerprint density at radius 3 is 2.95 bits per heavy atom. The summed E-state index contributed by atoms with van der Waals surface area (Å²) in [6, 6.07) is 2.07. The van der Waals surface area contributed by atoms with Gasteiger partial charge < -0.3 is 15.6 Å². The number of hydrogen-bond acceptors (Lipinski definition) is 7. The van der Waals surface area contributed by atoms with Crippen LogP contribution in [-0.2, 0) is 6.54 Å². The van der Waals surface area contributed by atoms with E-state index in [1.807, 2.05) is 12.3 Å². The van der Waals surface area contributed by atoms with Crippen molar-refractivity contribution in [2.75, 3.05) is 17.7 Å². The molecule has 0 aliphatic heterocycles. The second-order valence-electron chi connectivity index (χ2n) is 4.25. The molecule has 0 spiro atoms. The molecule has 0 saturated heterocycles. The van der Waals surface area contributed by atoms with E-state index < -0.39 is 0 Å². The van der Waals surface area contributed by atoms with E-state index in [1.54, 1.807) is 18.4 Å². The summed E-state index contributed by atoms with van der Waals surface area (Å²) in [5.41, 5.74) is 0.852. The minimum Gasteiger partial charge on any atom is -0.364 e. The summed E-state index contributed by atoms with van der Waals surface area (Å²) in [4.78, 5) is 24.9. The summed E-state index contributed by atoms with van der Waals surface area (Å²) in [5, 5.41) is 9.03. The lowest BCUT2D eigenvalue weighted by molar-refractivity contribution is 1.04. The molecule has 3 aromatic heterocycles. The van der Waals surface area contributed by atoms with Crippen LogP contribution in [0.15, 0.2) is 16.2 Å². The van der Waals surface area contributed by atoms with Crippen LogP contribution in [0.25, 0.3) is 10.2 Å². The van der Waals surface area contributed by atoms with Crippen molar-refractivity contribution in [3.63, 3.8) is 0 Å². The van der Waals surface area contributed by atoms with Crippen molar-refractivity contribution in [1.82, 2.24) is 15.0 Å². The predicted octanol–water partition coefficient (Wildman–Crippen LogP) is 2.40. The van der Waals surface area contributed by atoms with Crippen LogP contribution in [0, 0.1) is 6.92 Å². The first-order chi connectivity index (χ1) is 9.65. The lowest BCUT2D eigenvalue weighted by Crippen LogP contribution is -2.06. The van der Waals surface area contributed by atoms with E-state index in [9.17, 15) is 4.79 Å². The molecule has 8 heteroatoms. The normalized spacial score (nSPS) is 10.9. The average Bonchev–Trinajstić information content (AvgIpc) is 3.00. The first-order valence-electron chi connectivity index (χ1n) is 6.02. The van der Waals surface area contributed by atoms with Gasteiger partial charge in [0.15, 0.2) is 0 Å². The van der Waals surface area contributed by atoms with Crippen molar-refractivity contribution >= 4 is 44.7 Å². The number of hydrogen-bond donors (Lipinski definition) is 3. The van der Waals surface area contributed by atoms with Gasteiger partial charge in [-0.05, 0) is 13.0 Å². The highest BCUT2D eigenvalue weighted by Gasteiger charge is 2.10.